The quantitative estimate of drug-likeness (QED) is 0.642. The molecule has 0 aliphatic carbocycles. The second-order valence-corrected chi connectivity index (χ2v) is 6.68. The second kappa shape index (κ2) is 6.52. The summed E-state index contributed by atoms with van der Waals surface area (Å²) in [5, 5.41) is 4.84. The number of hydrogen-bond donors (Lipinski definition) is 0. The minimum absolute atomic E-state index is 0.643. The predicted octanol–water partition coefficient (Wildman–Crippen LogP) is 4.07. The van der Waals surface area contributed by atoms with Crippen molar-refractivity contribution in [2.45, 2.75) is 44.6 Å². The van der Waals surface area contributed by atoms with E-state index in [-0.39, 0.29) is 0 Å². The number of rotatable bonds is 6. The Kier molecular flexibility index (Phi) is 4.47. The second-order valence-electron chi connectivity index (χ2n) is 5.74. The van der Waals surface area contributed by atoms with Crippen LogP contribution in [0.3, 0.4) is 0 Å². The summed E-state index contributed by atoms with van der Waals surface area (Å²) in [7, 11) is 0. The van der Waals surface area contributed by atoms with E-state index in [0.29, 0.717) is 23.4 Å². The van der Waals surface area contributed by atoms with E-state index in [1.807, 2.05) is 13.0 Å². The number of benzene rings is 1. The van der Waals surface area contributed by atoms with Gasteiger partial charge in [-0.2, -0.15) is 4.98 Å². The summed E-state index contributed by atoms with van der Waals surface area (Å²) in [6.07, 6.45) is 1.13. The van der Waals surface area contributed by atoms with E-state index < -0.39 is 0 Å². The lowest BCUT2D eigenvalue weighted by Gasteiger charge is -2.10. The standard InChI is InChI=1S/C16H20N4OS/c1-11(2)8-9-20-14-7-5-4-6-13(14)18-16(20)22-10-15-17-12(3)19-21-15/h4-7,11H,8-10H2,1-3H3. The summed E-state index contributed by atoms with van der Waals surface area (Å²) in [4.78, 5) is 9.00. The third-order valence-corrected chi connectivity index (χ3v) is 4.41. The van der Waals surface area contributed by atoms with Gasteiger partial charge in [-0.15, -0.1) is 0 Å². The molecule has 6 heteroatoms. The van der Waals surface area contributed by atoms with Gasteiger partial charge in [0.25, 0.3) is 0 Å². The van der Waals surface area contributed by atoms with Gasteiger partial charge in [-0.1, -0.05) is 42.9 Å². The molecule has 0 unspecified atom stereocenters. The number of hydrogen-bond acceptors (Lipinski definition) is 5. The molecule has 0 amide bonds. The number of para-hydroxylation sites is 2. The van der Waals surface area contributed by atoms with Crippen LogP contribution in [0.15, 0.2) is 33.9 Å². The molecule has 0 atom stereocenters. The summed E-state index contributed by atoms with van der Waals surface area (Å²) < 4.78 is 7.47. The van der Waals surface area contributed by atoms with Crippen LogP contribution in [-0.2, 0) is 12.3 Å². The summed E-state index contributed by atoms with van der Waals surface area (Å²) in [5.74, 6) is 2.62. The van der Waals surface area contributed by atoms with Crippen LogP contribution in [0, 0.1) is 12.8 Å². The van der Waals surface area contributed by atoms with Crippen molar-refractivity contribution < 1.29 is 4.52 Å². The Balaban J connectivity index is 1.84. The molecule has 0 bridgehead atoms. The van der Waals surface area contributed by atoms with E-state index in [1.165, 1.54) is 5.52 Å². The number of fused-ring (bicyclic) bond motifs is 1. The average molecular weight is 316 g/mol. The Bertz CT molecular complexity index is 762. The predicted molar refractivity (Wildman–Crippen MR) is 87.8 cm³/mol. The molecule has 2 heterocycles. The fourth-order valence-corrected chi connectivity index (χ4v) is 3.17. The zero-order valence-corrected chi connectivity index (χ0v) is 13.9. The van der Waals surface area contributed by atoms with E-state index in [2.05, 4.69) is 46.8 Å². The van der Waals surface area contributed by atoms with Crippen molar-refractivity contribution in [1.29, 1.82) is 0 Å². The van der Waals surface area contributed by atoms with Gasteiger partial charge in [-0.25, -0.2) is 4.98 Å². The van der Waals surface area contributed by atoms with Crippen LogP contribution in [0.5, 0.6) is 0 Å². The Morgan fingerprint density at radius 1 is 1.23 bits per heavy atom. The molecule has 0 aliphatic rings. The molecule has 0 fully saturated rings. The first-order valence-electron chi connectivity index (χ1n) is 7.50. The molecule has 22 heavy (non-hydrogen) atoms. The molecule has 3 rings (SSSR count). The Morgan fingerprint density at radius 2 is 2.05 bits per heavy atom. The highest BCUT2D eigenvalue weighted by Gasteiger charge is 2.13. The van der Waals surface area contributed by atoms with Crippen molar-refractivity contribution in [2.24, 2.45) is 5.92 Å². The Hall–Kier alpha value is -1.82. The van der Waals surface area contributed by atoms with E-state index in [0.717, 1.165) is 23.6 Å². The van der Waals surface area contributed by atoms with Gasteiger partial charge in [0.15, 0.2) is 11.0 Å². The maximum atomic E-state index is 5.18. The van der Waals surface area contributed by atoms with Crippen LogP contribution in [0.25, 0.3) is 11.0 Å². The average Bonchev–Trinajstić information content (AvgIpc) is 3.06. The third-order valence-electron chi connectivity index (χ3n) is 3.44. The van der Waals surface area contributed by atoms with E-state index in [1.54, 1.807) is 11.8 Å². The van der Waals surface area contributed by atoms with Crippen LogP contribution < -0.4 is 0 Å². The maximum absolute atomic E-state index is 5.18. The minimum atomic E-state index is 0.643. The van der Waals surface area contributed by atoms with Gasteiger partial charge in [0, 0.05) is 6.54 Å². The lowest BCUT2D eigenvalue weighted by molar-refractivity contribution is 0.387. The number of aryl methyl sites for hydroxylation is 2. The first-order valence-corrected chi connectivity index (χ1v) is 8.49. The van der Waals surface area contributed by atoms with Crippen LogP contribution in [0.4, 0.5) is 0 Å². The molecule has 116 valence electrons. The van der Waals surface area contributed by atoms with Crippen LogP contribution in [0.1, 0.15) is 32.0 Å². The summed E-state index contributed by atoms with van der Waals surface area (Å²) in [5.41, 5.74) is 2.22. The van der Waals surface area contributed by atoms with Gasteiger partial charge in [-0.05, 0) is 31.4 Å². The number of aromatic nitrogens is 4. The Labute approximate surface area is 134 Å². The summed E-state index contributed by atoms with van der Waals surface area (Å²) >= 11 is 1.65. The van der Waals surface area contributed by atoms with Crippen molar-refractivity contribution in [3.63, 3.8) is 0 Å². The van der Waals surface area contributed by atoms with Crippen LogP contribution >= 0.6 is 11.8 Å². The highest BCUT2D eigenvalue weighted by atomic mass is 32.2. The van der Waals surface area contributed by atoms with Crippen molar-refractivity contribution in [3.8, 4) is 0 Å². The molecule has 0 saturated heterocycles. The fourth-order valence-electron chi connectivity index (χ4n) is 2.29. The number of thioether (sulfide) groups is 1. The number of imidazole rings is 1. The van der Waals surface area contributed by atoms with E-state index >= 15 is 0 Å². The fraction of sp³-hybridized carbons (Fsp3) is 0.438. The maximum Gasteiger partial charge on any atom is 0.237 e. The molecular weight excluding hydrogens is 296 g/mol. The van der Waals surface area contributed by atoms with Gasteiger partial charge in [-0.3, -0.25) is 0 Å². The van der Waals surface area contributed by atoms with Crippen molar-refractivity contribution >= 4 is 22.8 Å². The van der Waals surface area contributed by atoms with Crippen molar-refractivity contribution in [1.82, 2.24) is 19.7 Å². The normalized spacial score (nSPS) is 11.6. The molecule has 5 nitrogen and oxygen atoms in total. The Morgan fingerprint density at radius 3 is 2.77 bits per heavy atom. The van der Waals surface area contributed by atoms with Crippen LogP contribution in [0.2, 0.25) is 0 Å². The van der Waals surface area contributed by atoms with Gasteiger partial charge in [0.05, 0.1) is 16.8 Å². The molecule has 1 aromatic carbocycles. The summed E-state index contributed by atoms with van der Waals surface area (Å²) in [6.45, 7) is 7.29. The molecule has 0 aliphatic heterocycles. The lowest BCUT2D eigenvalue weighted by atomic mass is 10.1. The first-order chi connectivity index (χ1) is 10.6. The van der Waals surface area contributed by atoms with Crippen LogP contribution in [-0.4, -0.2) is 19.7 Å². The third kappa shape index (κ3) is 3.32. The minimum Gasteiger partial charge on any atom is -0.338 e. The van der Waals surface area contributed by atoms with Gasteiger partial charge in [0.1, 0.15) is 0 Å². The number of nitrogens with zero attached hydrogens (tertiary/aromatic N) is 4. The zero-order chi connectivity index (χ0) is 15.5. The monoisotopic (exact) mass is 316 g/mol. The van der Waals surface area contributed by atoms with E-state index in [4.69, 9.17) is 9.51 Å². The lowest BCUT2D eigenvalue weighted by Crippen LogP contribution is -2.03. The zero-order valence-electron chi connectivity index (χ0n) is 13.1. The van der Waals surface area contributed by atoms with Gasteiger partial charge in [0.2, 0.25) is 5.89 Å². The van der Waals surface area contributed by atoms with Gasteiger partial charge >= 0.3 is 0 Å². The molecule has 2 aromatic heterocycles. The SMILES string of the molecule is Cc1noc(CSc2nc3ccccc3n2CCC(C)C)n1. The molecule has 0 N–H and O–H groups in total. The van der Waals surface area contributed by atoms with E-state index in [9.17, 15) is 0 Å². The molecule has 0 spiro atoms. The molecular formula is C16H20N4OS. The smallest absolute Gasteiger partial charge is 0.237 e. The van der Waals surface area contributed by atoms with Crippen molar-refractivity contribution in [3.05, 3.63) is 36.0 Å². The molecule has 3 aromatic rings. The largest absolute Gasteiger partial charge is 0.338 e. The molecule has 0 radical (unpaired) electrons. The topological polar surface area (TPSA) is 56.7 Å². The highest BCUT2D eigenvalue weighted by Crippen LogP contribution is 2.27. The summed E-state index contributed by atoms with van der Waals surface area (Å²) in [6, 6.07) is 8.27. The first kappa shape index (κ1) is 15.1. The van der Waals surface area contributed by atoms with Gasteiger partial charge < -0.3 is 9.09 Å². The highest BCUT2D eigenvalue weighted by molar-refractivity contribution is 7.98. The molecule has 0 saturated carbocycles. The van der Waals surface area contributed by atoms with Crippen molar-refractivity contribution in [2.75, 3.05) is 0 Å².